The van der Waals surface area contributed by atoms with Gasteiger partial charge in [0.25, 0.3) is 0 Å². The molecule has 6 heteroatoms. The van der Waals surface area contributed by atoms with E-state index in [-0.39, 0.29) is 43.1 Å². The van der Waals surface area contributed by atoms with E-state index in [2.05, 4.69) is 194 Å². The molecule has 3 heterocycles. The summed E-state index contributed by atoms with van der Waals surface area (Å²) in [7, 11) is 0. The van der Waals surface area contributed by atoms with E-state index in [1.807, 2.05) is 35.6 Å². The Labute approximate surface area is 401 Å². The maximum Gasteiger partial charge on any atom is 0.149 e. The van der Waals surface area contributed by atoms with Crippen LogP contribution in [0.5, 0.6) is 5.75 Å². The average Bonchev–Trinajstić information content (AvgIpc) is 3.84. The van der Waals surface area contributed by atoms with E-state index in [1.54, 1.807) is 0 Å². The molecule has 0 amide bonds. The summed E-state index contributed by atoms with van der Waals surface area (Å²) in [6, 6.07) is 55.2. The van der Waals surface area contributed by atoms with Crippen LogP contribution in [0.3, 0.4) is 0 Å². The minimum Gasteiger partial charge on any atom is -0.507 e. The first-order chi connectivity index (χ1) is 30.5. The molecule has 0 aliphatic heterocycles. The average molecular weight is 1050 g/mol. The maximum absolute atomic E-state index is 11.8. The molecule has 0 bridgehead atoms. The number of pyridine rings is 1. The number of hydrogen-bond acceptors (Lipinski definition) is 4. The van der Waals surface area contributed by atoms with Crippen LogP contribution in [-0.2, 0) is 38.3 Å². The predicted octanol–water partition coefficient (Wildman–Crippen LogP) is 16.3. The van der Waals surface area contributed by atoms with Crippen molar-refractivity contribution in [2.24, 2.45) is 5.41 Å². The van der Waals surface area contributed by atoms with Crippen molar-refractivity contribution in [3.05, 3.63) is 168 Å². The van der Waals surface area contributed by atoms with Gasteiger partial charge in [0.05, 0.1) is 28.0 Å². The Bertz CT molecular complexity index is 3420. The van der Waals surface area contributed by atoms with Gasteiger partial charge in [-0.15, -0.1) is 47.2 Å². The summed E-state index contributed by atoms with van der Waals surface area (Å²) in [6.07, 6.45) is 1.02. The molecule has 3 aromatic heterocycles. The number of rotatable bonds is 6. The van der Waals surface area contributed by atoms with Gasteiger partial charge in [0.2, 0.25) is 0 Å². The predicted molar refractivity (Wildman–Crippen MR) is 272 cm³/mol. The van der Waals surface area contributed by atoms with Crippen molar-refractivity contribution < 1.29 is 26.2 Å². The zero-order valence-corrected chi connectivity index (χ0v) is 41.7. The van der Waals surface area contributed by atoms with Crippen molar-refractivity contribution in [3.63, 3.8) is 0 Å². The van der Waals surface area contributed by atoms with Crippen LogP contribution in [0.1, 0.15) is 79.0 Å². The SMILES string of the molecule is CC(C)(C)Cc1ccc2c(ccc3c4cc(-c5cccc6c5nc(-c5cc(C(C)(C)C)ccc5O)n6-c5ccc(C(C)(C)C)cc5-c5ccccc5)nc(-c5[c-]cccc5)c4sc23)c1.[Pt]. The molecule has 0 saturated carbocycles. The van der Waals surface area contributed by atoms with Crippen molar-refractivity contribution in [1.82, 2.24) is 14.5 Å². The molecule has 7 aromatic carbocycles. The van der Waals surface area contributed by atoms with Crippen molar-refractivity contribution in [2.75, 3.05) is 0 Å². The van der Waals surface area contributed by atoms with Gasteiger partial charge in [0.15, 0.2) is 0 Å². The number of aromatic hydroxyl groups is 1. The topological polar surface area (TPSA) is 50.9 Å². The molecule has 328 valence electrons. The van der Waals surface area contributed by atoms with Crippen LogP contribution < -0.4 is 0 Å². The van der Waals surface area contributed by atoms with Crippen LogP contribution in [0, 0.1) is 11.5 Å². The summed E-state index contributed by atoms with van der Waals surface area (Å²) in [5, 5.41) is 16.7. The molecule has 0 aliphatic rings. The minimum atomic E-state index is -0.151. The van der Waals surface area contributed by atoms with Crippen molar-refractivity contribution in [1.29, 1.82) is 0 Å². The van der Waals surface area contributed by atoms with E-state index in [4.69, 9.17) is 9.97 Å². The van der Waals surface area contributed by atoms with Crippen LogP contribution in [0.4, 0.5) is 0 Å². The summed E-state index contributed by atoms with van der Waals surface area (Å²) < 4.78 is 4.65. The van der Waals surface area contributed by atoms with Gasteiger partial charge >= 0.3 is 0 Å². The van der Waals surface area contributed by atoms with Gasteiger partial charge in [-0.1, -0.05) is 147 Å². The van der Waals surface area contributed by atoms with Gasteiger partial charge < -0.3 is 5.11 Å². The quantitative estimate of drug-likeness (QED) is 0.169. The Morgan fingerprint density at radius 2 is 1.31 bits per heavy atom. The first-order valence-electron chi connectivity index (χ1n) is 22.3. The third-order valence-electron chi connectivity index (χ3n) is 12.5. The van der Waals surface area contributed by atoms with E-state index in [1.165, 1.54) is 32.0 Å². The number of thiophene rings is 1. The van der Waals surface area contributed by atoms with Gasteiger partial charge in [-0.25, -0.2) is 4.98 Å². The summed E-state index contributed by atoms with van der Waals surface area (Å²) in [5.74, 6) is 0.852. The molecular weight excluding hydrogens is 994 g/mol. The third-order valence-corrected chi connectivity index (χ3v) is 13.7. The Morgan fingerprint density at radius 3 is 2.02 bits per heavy atom. The molecule has 4 nitrogen and oxygen atoms in total. The normalized spacial score (nSPS) is 12.4. The van der Waals surface area contributed by atoms with Crippen molar-refractivity contribution in [3.8, 4) is 56.5 Å². The van der Waals surface area contributed by atoms with Crippen LogP contribution in [0.15, 0.2) is 146 Å². The number of imidazole rings is 1. The molecule has 0 radical (unpaired) electrons. The zero-order valence-electron chi connectivity index (χ0n) is 38.6. The molecular formula is C59H54N3OPtS-. The van der Waals surface area contributed by atoms with Gasteiger partial charge in [0.1, 0.15) is 11.6 Å². The smallest absolute Gasteiger partial charge is 0.149 e. The maximum atomic E-state index is 11.8. The Kier molecular flexibility index (Phi) is 11.3. The Morgan fingerprint density at radius 1 is 0.600 bits per heavy atom. The molecule has 0 unspecified atom stereocenters. The summed E-state index contributed by atoms with van der Waals surface area (Å²) in [5.41, 5.74) is 12.9. The Balaban J connectivity index is 0.00000533. The Hall–Kier alpha value is -5.87. The number of phenols is 1. The molecule has 0 spiro atoms. The van der Waals surface area contributed by atoms with Crippen LogP contribution >= 0.6 is 11.3 Å². The van der Waals surface area contributed by atoms with Gasteiger partial charge in [0, 0.05) is 52.7 Å². The number of nitrogens with zero attached hydrogens (tertiary/aromatic N) is 3. The van der Waals surface area contributed by atoms with Crippen molar-refractivity contribution in [2.45, 2.75) is 79.6 Å². The second kappa shape index (κ2) is 16.5. The second-order valence-electron chi connectivity index (χ2n) is 20.6. The van der Waals surface area contributed by atoms with Crippen LogP contribution in [0.25, 0.3) is 92.7 Å². The van der Waals surface area contributed by atoms with E-state index < -0.39 is 0 Å². The standard InChI is InChI=1S/C59H54N3OS.Pt/c1-57(2,3)35-36-23-27-42-39(31-36)24-28-43-46-34-48(60-52(55(46)64-54(42)43)38-19-14-11-15-20-38)44-21-16-22-50-53(44)61-56(47-33-41(59(7,8)9)26-30-51(47)63)62(50)49-29-25-40(58(4,5)6)32-45(49)37-17-12-10-13-18-37;/h10-19,21-34,63H,35H2,1-9H3;/q-1;. The molecule has 10 rings (SSSR count). The largest absolute Gasteiger partial charge is 0.507 e. The van der Waals surface area contributed by atoms with E-state index in [0.717, 1.165) is 72.4 Å². The number of hydrogen-bond donors (Lipinski definition) is 1. The molecule has 0 fully saturated rings. The van der Waals surface area contributed by atoms with Gasteiger partial charge in [-0.2, -0.15) is 0 Å². The van der Waals surface area contributed by atoms with Crippen molar-refractivity contribution >= 4 is 53.3 Å². The summed E-state index contributed by atoms with van der Waals surface area (Å²) in [4.78, 5) is 11.1. The fraction of sp³-hybridized carbons (Fsp3) is 0.220. The van der Waals surface area contributed by atoms with Gasteiger partial charge in [-0.3, -0.25) is 9.55 Å². The molecule has 0 atom stereocenters. The molecule has 1 N–H and O–H groups in total. The monoisotopic (exact) mass is 1050 g/mol. The van der Waals surface area contributed by atoms with E-state index in [0.29, 0.717) is 11.4 Å². The molecule has 10 aromatic rings. The molecule has 65 heavy (non-hydrogen) atoms. The zero-order chi connectivity index (χ0) is 44.7. The first kappa shape index (κ1) is 44.3. The summed E-state index contributed by atoms with van der Waals surface area (Å²) >= 11 is 1.82. The molecule has 0 saturated heterocycles. The molecule has 0 aliphatic carbocycles. The van der Waals surface area contributed by atoms with Gasteiger partial charge in [-0.05, 0) is 97.5 Å². The first-order valence-corrected chi connectivity index (χ1v) is 23.2. The third kappa shape index (κ3) is 8.23. The fourth-order valence-electron chi connectivity index (χ4n) is 9.15. The van der Waals surface area contributed by atoms with Crippen LogP contribution in [0.2, 0.25) is 0 Å². The number of aromatic nitrogens is 3. The van der Waals surface area contributed by atoms with Crippen LogP contribution in [-0.4, -0.2) is 19.6 Å². The number of benzene rings is 7. The minimum absolute atomic E-state index is 0. The fourth-order valence-corrected chi connectivity index (χ4v) is 10.5. The van der Waals surface area contributed by atoms with E-state index >= 15 is 0 Å². The second-order valence-corrected chi connectivity index (χ2v) is 21.6. The number of fused-ring (bicyclic) bond motifs is 6. The summed E-state index contributed by atoms with van der Waals surface area (Å²) in [6.45, 7) is 20.3. The number of phenolic OH excluding ortho intramolecular Hbond substituents is 1. The van der Waals surface area contributed by atoms with E-state index in [9.17, 15) is 5.11 Å². The number of para-hydroxylation sites is 1.